The number of nitrogens with one attached hydrogen (secondary N) is 2. The van der Waals surface area contributed by atoms with Gasteiger partial charge in [0, 0.05) is 6.04 Å². The van der Waals surface area contributed by atoms with E-state index in [2.05, 4.69) is 16.7 Å². The van der Waals surface area contributed by atoms with Crippen molar-refractivity contribution in [3.8, 4) is 6.07 Å². The van der Waals surface area contributed by atoms with Crippen LogP contribution in [0.25, 0.3) is 0 Å². The fourth-order valence-corrected chi connectivity index (χ4v) is 4.75. The highest BCUT2D eigenvalue weighted by molar-refractivity contribution is 5.92. The summed E-state index contributed by atoms with van der Waals surface area (Å²) in [6.07, 6.45) is 4.68. The molecule has 1 fully saturated rings. The maximum atomic E-state index is 14.0. The highest BCUT2D eigenvalue weighted by Gasteiger charge is 2.38. The number of amides is 3. The van der Waals surface area contributed by atoms with Crippen LogP contribution in [0.3, 0.4) is 0 Å². The molecule has 1 aromatic carbocycles. The quantitative estimate of drug-likeness (QED) is 0.448. The van der Waals surface area contributed by atoms with Gasteiger partial charge in [-0.3, -0.25) is 9.59 Å². The van der Waals surface area contributed by atoms with Gasteiger partial charge in [-0.15, -0.1) is 0 Å². The van der Waals surface area contributed by atoms with Crippen LogP contribution in [-0.2, 0) is 14.3 Å². The molecule has 37 heavy (non-hydrogen) atoms. The van der Waals surface area contributed by atoms with Gasteiger partial charge in [-0.05, 0) is 70.9 Å². The van der Waals surface area contributed by atoms with Crippen molar-refractivity contribution in [3.05, 3.63) is 34.9 Å². The molecule has 1 aliphatic carbocycles. The molecule has 0 radical (unpaired) electrons. The number of benzene rings is 1. The molecule has 8 heteroatoms. The lowest BCUT2D eigenvalue weighted by atomic mass is 9.93. The Morgan fingerprint density at radius 3 is 2.35 bits per heavy atom. The van der Waals surface area contributed by atoms with Crippen molar-refractivity contribution in [3.63, 3.8) is 0 Å². The van der Waals surface area contributed by atoms with Gasteiger partial charge in [0.05, 0.1) is 6.07 Å². The number of carbonyl (C=O) groups excluding carboxylic acids is 3. The normalized spacial score (nSPS) is 15.9. The largest absolute Gasteiger partial charge is 0.444 e. The summed E-state index contributed by atoms with van der Waals surface area (Å²) >= 11 is 0. The van der Waals surface area contributed by atoms with E-state index in [1.165, 1.54) is 4.90 Å². The molecule has 0 spiro atoms. The molecule has 2 rings (SSSR count). The lowest BCUT2D eigenvalue weighted by Crippen LogP contribution is -2.54. The third-order valence-electron chi connectivity index (χ3n) is 6.46. The molecule has 2 unspecified atom stereocenters. The minimum absolute atomic E-state index is 0.0410. The van der Waals surface area contributed by atoms with Gasteiger partial charge in [0.25, 0.3) is 0 Å². The second kappa shape index (κ2) is 13.5. The molecule has 0 bridgehead atoms. The topological polar surface area (TPSA) is 112 Å². The molecule has 0 saturated heterocycles. The van der Waals surface area contributed by atoms with Crippen molar-refractivity contribution in [2.24, 2.45) is 5.92 Å². The van der Waals surface area contributed by atoms with Crippen molar-refractivity contribution < 1.29 is 19.1 Å². The van der Waals surface area contributed by atoms with Crippen molar-refractivity contribution in [1.29, 1.82) is 5.26 Å². The predicted molar refractivity (Wildman–Crippen MR) is 144 cm³/mol. The summed E-state index contributed by atoms with van der Waals surface area (Å²) in [6, 6.07) is 5.95. The summed E-state index contributed by atoms with van der Waals surface area (Å²) < 4.78 is 5.40. The zero-order chi connectivity index (χ0) is 27.8. The molecule has 3 amide bonds. The standard InChI is InChI=1S/C29H44N4O4/c1-19(2)17-24(32-28(36)37-29(5,6)7)27(35)33(16-15-30)25(23-18-20(3)13-14-21(23)4)26(34)31-22-11-9-8-10-12-22/h13-14,18-19,22,24-25H,8-12,16-17H2,1-7H3,(H,31,34)(H,32,36). The number of ether oxygens (including phenoxy) is 1. The Bertz CT molecular complexity index is 987. The van der Waals surface area contributed by atoms with Gasteiger partial charge in [0.1, 0.15) is 24.2 Å². The summed E-state index contributed by atoms with van der Waals surface area (Å²) in [6.45, 7) is 12.7. The second-order valence-corrected chi connectivity index (χ2v) is 11.6. The van der Waals surface area contributed by atoms with Gasteiger partial charge >= 0.3 is 6.09 Å². The maximum Gasteiger partial charge on any atom is 0.408 e. The van der Waals surface area contributed by atoms with E-state index in [-0.39, 0.29) is 24.4 Å². The summed E-state index contributed by atoms with van der Waals surface area (Å²) in [5.41, 5.74) is 1.75. The number of alkyl carbamates (subject to hydrolysis) is 1. The fourth-order valence-electron chi connectivity index (χ4n) is 4.75. The van der Waals surface area contributed by atoms with Crippen LogP contribution in [0.15, 0.2) is 18.2 Å². The van der Waals surface area contributed by atoms with Gasteiger partial charge in [-0.2, -0.15) is 5.26 Å². The maximum absolute atomic E-state index is 14.0. The van der Waals surface area contributed by atoms with E-state index in [0.29, 0.717) is 12.0 Å². The van der Waals surface area contributed by atoms with E-state index >= 15 is 0 Å². The molecule has 0 aromatic heterocycles. The van der Waals surface area contributed by atoms with E-state index in [0.717, 1.165) is 43.2 Å². The average Bonchev–Trinajstić information content (AvgIpc) is 2.79. The van der Waals surface area contributed by atoms with Crippen molar-refractivity contribution in [1.82, 2.24) is 15.5 Å². The SMILES string of the molecule is Cc1ccc(C)c(C(C(=O)NC2CCCCC2)N(CC#N)C(=O)C(CC(C)C)NC(=O)OC(C)(C)C)c1. The van der Waals surface area contributed by atoms with Crippen LogP contribution in [0.2, 0.25) is 0 Å². The van der Waals surface area contributed by atoms with E-state index in [4.69, 9.17) is 4.74 Å². The van der Waals surface area contributed by atoms with Crippen molar-refractivity contribution in [2.75, 3.05) is 6.54 Å². The first-order chi connectivity index (χ1) is 17.3. The molecule has 204 valence electrons. The van der Waals surface area contributed by atoms with Crippen LogP contribution < -0.4 is 10.6 Å². The molecule has 1 saturated carbocycles. The zero-order valence-electron chi connectivity index (χ0n) is 23.5. The first-order valence-electron chi connectivity index (χ1n) is 13.4. The molecule has 8 nitrogen and oxygen atoms in total. The highest BCUT2D eigenvalue weighted by atomic mass is 16.6. The summed E-state index contributed by atoms with van der Waals surface area (Å²) in [5.74, 6) is -0.710. The molecule has 1 aliphatic rings. The third-order valence-corrected chi connectivity index (χ3v) is 6.46. The van der Waals surface area contributed by atoms with Gasteiger partial charge in [-0.25, -0.2) is 4.79 Å². The number of nitriles is 1. The van der Waals surface area contributed by atoms with Gasteiger partial charge in [-0.1, -0.05) is 56.9 Å². The Kier molecular flexibility index (Phi) is 11.0. The Morgan fingerprint density at radius 2 is 1.78 bits per heavy atom. The molecule has 1 aromatic rings. The minimum atomic E-state index is -0.996. The van der Waals surface area contributed by atoms with E-state index in [1.807, 2.05) is 45.9 Å². The number of rotatable bonds is 9. The monoisotopic (exact) mass is 512 g/mol. The molecule has 2 N–H and O–H groups in total. The smallest absolute Gasteiger partial charge is 0.408 e. The van der Waals surface area contributed by atoms with E-state index in [9.17, 15) is 19.6 Å². The predicted octanol–water partition coefficient (Wildman–Crippen LogP) is 5.09. The summed E-state index contributed by atoms with van der Waals surface area (Å²) in [7, 11) is 0. The van der Waals surface area contributed by atoms with Crippen LogP contribution in [0.4, 0.5) is 4.79 Å². The van der Waals surface area contributed by atoms with Crippen LogP contribution in [0.1, 0.15) is 95.9 Å². The molecule has 0 aliphatic heterocycles. The highest BCUT2D eigenvalue weighted by Crippen LogP contribution is 2.28. The average molecular weight is 513 g/mol. The van der Waals surface area contributed by atoms with Crippen molar-refractivity contribution >= 4 is 17.9 Å². The summed E-state index contributed by atoms with van der Waals surface area (Å²) in [5, 5.41) is 15.6. The number of aryl methyl sites for hydroxylation is 2. The Balaban J connectivity index is 2.49. The van der Waals surface area contributed by atoms with Gasteiger partial charge in [0.2, 0.25) is 11.8 Å². The Morgan fingerprint density at radius 1 is 1.14 bits per heavy atom. The van der Waals surface area contributed by atoms with Gasteiger partial charge < -0.3 is 20.3 Å². The zero-order valence-corrected chi connectivity index (χ0v) is 23.5. The summed E-state index contributed by atoms with van der Waals surface area (Å²) in [4.78, 5) is 41.8. The van der Waals surface area contributed by atoms with Crippen LogP contribution >= 0.6 is 0 Å². The second-order valence-electron chi connectivity index (χ2n) is 11.6. The van der Waals surface area contributed by atoms with Crippen molar-refractivity contribution in [2.45, 2.75) is 111 Å². The molecule has 0 heterocycles. The number of hydrogen-bond acceptors (Lipinski definition) is 5. The van der Waals surface area contributed by atoms with Crippen LogP contribution in [0, 0.1) is 31.1 Å². The Labute approximate surface area is 222 Å². The number of carbonyl (C=O) groups is 3. The first kappa shape index (κ1) is 30.1. The minimum Gasteiger partial charge on any atom is -0.444 e. The lowest BCUT2D eigenvalue weighted by Gasteiger charge is -2.35. The number of nitrogens with zero attached hydrogens (tertiary/aromatic N) is 2. The van der Waals surface area contributed by atoms with E-state index < -0.39 is 29.7 Å². The molecular formula is C29H44N4O4. The Hall–Kier alpha value is -3.08. The number of hydrogen-bond donors (Lipinski definition) is 2. The molecule has 2 atom stereocenters. The fraction of sp³-hybridized carbons (Fsp3) is 0.655. The molecular weight excluding hydrogens is 468 g/mol. The first-order valence-corrected chi connectivity index (χ1v) is 13.4. The third kappa shape index (κ3) is 9.38. The van der Waals surface area contributed by atoms with E-state index in [1.54, 1.807) is 20.8 Å². The lowest BCUT2D eigenvalue weighted by molar-refractivity contribution is -0.142. The van der Waals surface area contributed by atoms with Crippen LogP contribution in [0.5, 0.6) is 0 Å². The van der Waals surface area contributed by atoms with Crippen LogP contribution in [-0.4, -0.2) is 47.0 Å². The van der Waals surface area contributed by atoms with Gasteiger partial charge in [0.15, 0.2) is 0 Å².